The van der Waals surface area contributed by atoms with Gasteiger partial charge in [0, 0.05) is 0 Å². The molecule has 1 aromatic heterocycles. The van der Waals surface area contributed by atoms with Crippen LogP contribution in [0.5, 0.6) is 5.75 Å². The van der Waals surface area contributed by atoms with E-state index < -0.39 is 0 Å². The number of aryl methyl sites for hydroxylation is 2. The van der Waals surface area contributed by atoms with E-state index in [1.54, 1.807) is 0 Å². The Morgan fingerprint density at radius 2 is 2.05 bits per heavy atom. The van der Waals surface area contributed by atoms with E-state index in [1.165, 1.54) is 16.9 Å². The van der Waals surface area contributed by atoms with E-state index in [2.05, 4.69) is 16.4 Å². The molecule has 0 aliphatic heterocycles. The minimum absolute atomic E-state index is 0.0280. The number of benzene rings is 2. The molecule has 0 aliphatic carbocycles. The van der Waals surface area contributed by atoms with Crippen molar-refractivity contribution < 1.29 is 9.53 Å². The topological polar surface area (TPSA) is 51.2 Å². The molecule has 22 heavy (non-hydrogen) atoms. The summed E-state index contributed by atoms with van der Waals surface area (Å²) in [4.78, 5) is 16.4. The number of carbonyl (C=O) groups excluding carboxylic acids is 1. The largest absolute Gasteiger partial charge is 0.483 e. The number of fused-ring (bicyclic) bond motifs is 1. The zero-order valence-corrected chi connectivity index (χ0v) is 13.2. The number of nitrogens with zero attached hydrogens (tertiary/aromatic N) is 1. The molecule has 0 fully saturated rings. The summed E-state index contributed by atoms with van der Waals surface area (Å²) in [6, 6.07) is 13.6. The van der Waals surface area contributed by atoms with Crippen LogP contribution in [0.25, 0.3) is 10.2 Å². The highest BCUT2D eigenvalue weighted by Crippen LogP contribution is 2.26. The first-order chi connectivity index (χ1) is 10.6. The van der Waals surface area contributed by atoms with Gasteiger partial charge in [0.15, 0.2) is 11.7 Å². The van der Waals surface area contributed by atoms with E-state index in [-0.39, 0.29) is 12.5 Å². The Kier molecular flexibility index (Phi) is 4.06. The van der Waals surface area contributed by atoms with Crippen LogP contribution in [0.3, 0.4) is 0 Å². The predicted octanol–water partition coefficient (Wildman–Crippen LogP) is 3.93. The van der Waals surface area contributed by atoms with Crippen LogP contribution < -0.4 is 10.1 Å². The molecule has 0 aliphatic rings. The second-order valence-corrected chi connectivity index (χ2v) is 6.12. The molecule has 3 aromatic rings. The Hall–Kier alpha value is -2.40. The van der Waals surface area contributed by atoms with Gasteiger partial charge in [0.05, 0.1) is 10.2 Å². The Morgan fingerprint density at radius 1 is 1.23 bits per heavy atom. The van der Waals surface area contributed by atoms with Crippen LogP contribution in [0.2, 0.25) is 0 Å². The van der Waals surface area contributed by atoms with E-state index >= 15 is 0 Å². The first-order valence-corrected chi connectivity index (χ1v) is 7.79. The number of hydrogen-bond donors (Lipinski definition) is 1. The van der Waals surface area contributed by atoms with Gasteiger partial charge in [0.2, 0.25) is 0 Å². The van der Waals surface area contributed by atoms with Crippen molar-refractivity contribution in [3.05, 3.63) is 53.6 Å². The fourth-order valence-electron chi connectivity index (χ4n) is 2.10. The number of thiazole rings is 1. The fourth-order valence-corrected chi connectivity index (χ4v) is 3.08. The molecule has 0 radical (unpaired) electrons. The molecule has 5 heteroatoms. The first-order valence-electron chi connectivity index (χ1n) is 6.97. The zero-order valence-electron chi connectivity index (χ0n) is 12.4. The standard InChI is InChI=1S/C17H16N2O2S/c1-11-7-8-13-15(9-11)22-17(18-13)19-16(20)10-21-14-6-4-3-5-12(14)2/h3-9H,10H2,1-2H3,(H,18,19,20). The quantitative estimate of drug-likeness (QED) is 0.794. The summed E-state index contributed by atoms with van der Waals surface area (Å²) in [7, 11) is 0. The number of rotatable bonds is 4. The molecular formula is C17H16N2O2S. The number of ether oxygens (including phenoxy) is 1. The smallest absolute Gasteiger partial charge is 0.264 e. The van der Waals surface area contributed by atoms with Gasteiger partial charge in [-0.05, 0) is 43.2 Å². The van der Waals surface area contributed by atoms with Crippen LogP contribution in [0.4, 0.5) is 5.13 Å². The third kappa shape index (κ3) is 3.26. The van der Waals surface area contributed by atoms with Crippen molar-refractivity contribution >= 4 is 32.6 Å². The minimum atomic E-state index is -0.209. The van der Waals surface area contributed by atoms with Crippen molar-refractivity contribution in [1.29, 1.82) is 0 Å². The van der Waals surface area contributed by atoms with E-state index in [4.69, 9.17) is 4.74 Å². The lowest BCUT2D eigenvalue weighted by Crippen LogP contribution is -2.20. The maximum Gasteiger partial charge on any atom is 0.264 e. The van der Waals surface area contributed by atoms with Gasteiger partial charge in [-0.25, -0.2) is 4.98 Å². The number of aromatic nitrogens is 1. The maximum absolute atomic E-state index is 12.0. The number of anilines is 1. The average molecular weight is 312 g/mol. The molecule has 0 unspecified atom stereocenters. The van der Waals surface area contributed by atoms with Crippen molar-refractivity contribution in [3.63, 3.8) is 0 Å². The van der Waals surface area contributed by atoms with Crippen LogP contribution in [-0.4, -0.2) is 17.5 Å². The Balaban J connectivity index is 1.64. The number of amides is 1. The number of carbonyl (C=O) groups is 1. The summed E-state index contributed by atoms with van der Waals surface area (Å²) >= 11 is 1.47. The van der Waals surface area contributed by atoms with E-state index in [0.717, 1.165) is 21.5 Å². The molecule has 112 valence electrons. The van der Waals surface area contributed by atoms with Crippen LogP contribution in [0.15, 0.2) is 42.5 Å². The summed E-state index contributed by atoms with van der Waals surface area (Å²) < 4.78 is 6.59. The summed E-state index contributed by atoms with van der Waals surface area (Å²) in [5, 5.41) is 3.38. The molecule has 0 spiro atoms. The normalized spacial score (nSPS) is 10.6. The highest BCUT2D eigenvalue weighted by molar-refractivity contribution is 7.22. The zero-order chi connectivity index (χ0) is 15.5. The highest BCUT2D eigenvalue weighted by atomic mass is 32.1. The third-order valence-corrected chi connectivity index (χ3v) is 4.18. The highest BCUT2D eigenvalue weighted by Gasteiger charge is 2.09. The van der Waals surface area contributed by atoms with Gasteiger partial charge in [0.1, 0.15) is 5.75 Å². The van der Waals surface area contributed by atoms with E-state index in [9.17, 15) is 4.79 Å². The Morgan fingerprint density at radius 3 is 2.86 bits per heavy atom. The molecule has 3 rings (SSSR count). The van der Waals surface area contributed by atoms with Gasteiger partial charge in [-0.15, -0.1) is 0 Å². The average Bonchev–Trinajstić information content (AvgIpc) is 2.87. The van der Waals surface area contributed by atoms with Crippen molar-refractivity contribution in [1.82, 2.24) is 4.98 Å². The van der Waals surface area contributed by atoms with Gasteiger partial charge in [-0.2, -0.15) is 0 Å². The van der Waals surface area contributed by atoms with Gasteiger partial charge in [-0.1, -0.05) is 35.6 Å². The molecule has 0 atom stereocenters. The van der Waals surface area contributed by atoms with Crippen LogP contribution in [0, 0.1) is 13.8 Å². The van der Waals surface area contributed by atoms with Crippen molar-refractivity contribution in [2.75, 3.05) is 11.9 Å². The molecular weight excluding hydrogens is 296 g/mol. The third-order valence-electron chi connectivity index (χ3n) is 3.24. The van der Waals surface area contributed by atoms with Gasteiger partial charge in [0.25, 0.3) is 5.91 Å². The second-order valence-electron chi connectivity index (χ2n) is 5.09. The molecule has 0 saturated heterocycles. The second kappa shape index (κ2) is 6.15. The lowest BCUT2D eigenvalue weighted by molar-refractivity contribution is -0.118. The molecule has 1 heterocycles. The van der Waals surface area contributed by atoms with Crippen molar-refractivity contribution in [3.8, 4) is 5.75 Å². The monoisotopic (exact) mass is 312 g/mol. The summed E-state index contributed by atoms with van der Waals surface area (Å²) in [6.07, 6.45) is 0. The maximum atomic E-state index is 12.0. The molecule has 4 nitrogen and oxygen atoms in total. The molecule has 0 saturated carbocycles. The van der Waals surface area contributed by atoms with Crippen molar-refractivity contribution in [2.45, 2.75) is 13.8 Å². The lowest BCUT2D eigenvalue weighted by atomic mass is 10.2. The first kappa shape index (κ1) is 14.5. The Bertz CT molecular complexity index is 826. The van der Waals surface area contributed by atoms with Gasteiger partial charge in [-0.3, -0.25) is 10.1 Å². The summed E-state index contributed by atoms with van der Waals surface area (Å²) in [6.45, 7) is 3.95. The van der Waals surface area contributed by atoms with Crippen LogP contribution >= 0.6 is 11.3 Å². The minimum Gasteiger partial charge on any atom is -0.483 e. The molecule has 2 aromatic carbocycles. The summed E-state index contributed by atoms with van der Waals surface area (Å²) in [5.74, 6) is 0.511. The van der Waals surface area contributed by atoms with Gasteiger partial charge >= 0.3 is 0 Å². The SMILES string of the molecule is Cc1ccc2nc(NC(=O)COc3ccccc3C)sc2c1. The number of hydrogen-bond acceptors (Lipinski definition) is 4. The van der Waals surface area contributed by atoms with E-state index in [0.29, 0.717) is 5.13 Å². The number of para-hydroxylation sites is 1. The molecule has 1 amide bonds. The molecule has 0 bridgehead atoms. The van der Waals surface area contributed by atoms with Crippen LogP contribution in [0.1, 0.15) is 11.1 Å². The predicted molar refractivity (Wildman–Crippen MR) is 89.7 cm³/mol. The van der Waals surface area contributed by atoms with Crippen molar-refractivity contribution in [2.24, 2.45) is 0 Å². The number of nitrogens with one attached hydrogen (secondary N) is 1. The van der Waals surface area contributed by atoms with Crippen LogP contribution in [-0.2, 0) is 4.79 Å². The van der Waals surface area contributed by atoms with E-state index in [1.807, 2.05) is 50.2 Å². The molecule has 1 N–H and O–H groups in total. The summed E-state index contributed by atoms with van der Waals surface area (Å²) in [5.41, 5.74) is 3.08. The Labute approximate surface area is 132 Å². The fraction of sp³-hybridized carbons (Fsp3) is 0.176. The lowest BCUT2D eigenvalue weighted by Gasteiger charge is -2.07. The van der Waals surface area contributed by atoms with Gasteiger partial charge < -0.3 is 4.74 Å².